The minimum atomic E-state index is -0.276. The van der Waals surface area contributed by atoms with Crippen LogP contribution in [0.4, 0.5) is 0 Å². The lowest BCUT2D eigenvalue weighted by Crippen LogP contribution is -2.30. The number of nitrogens with one attached hydrogen (secondary N) is 1. The van der Waals surface area contributed by atoms with Crippen LogP contribution in [0.1, 0.15) is 23.5 Å². The standard InChI is InChI=1S/C20H16N2O3S/c21-10-16-15(14-6-7-17-18(8-14)25-12-24-17)9-19(23)22-20(16)26-11-13-4-2-1-3-5-13/h1-8,15H,9,11-12H2,(H,22,23)/t15-/m0/s1. The Kier molecular flexibility index (Phi) is 4.55. The van der Waals surface area contributed by atoms with Crippen LogP contribution < -0.4 is 14.8 Å². The van der Waals surface area contributed by atoms with Crippen LogP contribution >= 0.6 is 11.8 Å². The minimum Gasteiger partial charge on any atom is -0.454 e. The van der Waals surface area contributed by atoms with Gasteiger partial charge in [0, 0.05) is 18.1 Å². The van der Waals surface area contributed by atoms with Gasteiger partial charge in [0.15, 0.2) is 11.5 Å². The summed E-state index contributed by atoms with van der Waals surface area (Å²) in [7, 11) is 0. The van der Waals surface area contributed by atoms with Crippen molar-refractivity contribution in [2.45, 2.75) is 18.1 Å². The quantitative estimate of drug-likeness (QED) is 0.896. The molecule has 0 spiro atoms. The normalized spacial score (nSPS) is 18.4. The number of thioether (sulfide) groups is 1. The number of hydrogen-bond donors (Lipinski definition) is 1. The predicted molar refractivity (Wildman–Crippen MR) is 98.4 cm³/mol. The summed E-state index contributed by atoms with van der Waals surface area (Å²) in [6, 6.07) is 17.9. The molecule has 1 N–H and O–H groups in total. The minimum absolute atomic E-state index is 0.0813. The molecule has 0 saturated heterocycles. The molecular weight excluding hydrogens is 348 g/mol. The van der Waals surface area contributed by atoms with Gasteiger partial charge < -0.3 is 14.8 Å². The van der Waals surface area contributed by atoms with E-state index in [9.17, 15) is 10.1 Å². The molecule has 130 valence electrons. The van der Waals surface area contributed by atoms with E-state index >= 15 is 0 Å². The smallest absolute Gasteiger partial charge is 0.231 e. The molecular formula is C20H16N2O3S. The first-order valence-electron chi connectivity index (χ1n) is 8.25. The highest BCUT2D eigenvalue weighted by atomic mass is 32.2. The zero-order chi connectivity index (χ0) is 17.9. The SMILES string of the molecule is N#CC1=C(SCc2ccccc2)NC(=O)C[C@H]1c1ccc2c(c1)OCO2. The van der Waals surface area contributed by atoms with Crippen molar-refractivity contribution in [1.29, 1.82) is 5.26 Å². The Morgan fingerprint density at radius 3 is 2.77 bits per heavy atom. The third-order valence-electron chi connectivity index (χ3n) is 4.38. The summed E-state index contributed by atoms with van der Waals surface area (Å²) >= 11 is 1.48. The van der Waals surface area contributed by atoms with Crippen molar-refractivity contribution in [2.75, 3.05) is 6.79 Å². The van der Waals surface area contributed by atoms with Crippen LogP contribution in [0.5, 0.6) is 11.5 Å². The number of rotatable bonds is 4. The summed E-state index contributed by atoms with van der Waals surface area (Å²) in [6.45, 7) is 0.197. The second-order valence-electron chi connectivity index (χ2n) is 6.05. The van der Waals surface area contributed by atoms with Crippen molar-refractivity contribution >= 4 is 17.7 Å². The average Bonchev–Trinajstić information content (AvgIpc) is 3.14. The molecule has 6 heteroatoms. The van der Waals surface area contributed by atoms with Crippen molar-refractivity contribution in [1.82, 2.24) is 5.32 Å². The van der Waals surface area contributed by atoms with Gasteiger partial charge in [-0.2, -0.15) is 5.26 Å². The van der Waals surface area contributed by atoms with E-state index in [-0.39, 0.29) is 25.0 Å². The van der Waals surface area contributed by atoms with Gasteiger partial charge in [0.2, 0.25) is 12.7 Å². The van der Waals surface area contributed by atoms with Crippen LogP contribution in [0.2, 0.25) is 0 Å². The van der Waals surface area contributed by atoms with E-state index in [1.165, 1.54) is 11.8 Å². The number of ether oxygens (including phenoxy) is 2. The molecule has 2 aliphatic rings. The van der Waals surface area contributed by atoms with E-state index in [1.54, 1.807) is 0 Å². The topological polar surface area (TPSA) is 71.4 Å². The summed E-state index contributed by atoms with van der Waals surface area (Å²) in [4.78, 5) is 12.2. The van der Waals surface area contributed by atoms with Gasteiger partial charge >= 0.3 is 0 Å². The van der Waals surface area contributed by atoms with Crippen LogP contribution in [-0.2, 0) is 10.5 Å². The molecule has 0 fully saturated rings. The maximum Gasteiger partial charge on any atom is 0.231 e. The third kappa shape index (κ3) is 3.26. The fraction of sp³-hybridized carbons (Fsp3) is 0.200. The molecule has 2 aliphatic heterocycles. The Morgan fingerprint density at radius 1 is 1.15 bits per heavy atom. The van der Waals surface area contributed by atoms with Crippen LogP contribution in [0.15, 0.2) is 59.1 Å². The first-order valence-corrected chi connectivity index (χ1v) is 9.23. The van der Waals surface area contributed by atoms with E-state index in [0.29, 0.717) is 27.9 Å². The van der Waals surface area contributed by atoms with Gasteiger partial charge in [-0.25, -0.2) is 0 Å². The van der Waals surface area contributed by atoms with E-state index in [1.807, 2.05) is 48.5 Å². The Morgan fingerprint density at radius 2 is 1.96 bits per heavy atom. The number of hydrogen-bond acceptors (Lipinski definition) is 5. The lowest BCUT2D eigenvalue weighted by atomic mass is 9.87. The third-order valence-corrected chi connectivity index (χ3v) is 5.47. The number of carbonyl (C=O) groups excluding carboxylic acids is 1. The maximum absolute atomic E-state index is 12.2. The van der Waals surface area contributed by atoms with Crippen molar-refractivity contribution in [3.8, 4) is 17.6 Å². The van der Waals surface area contributed by atoms with Crippen LogP contribution in [0, 0.1) is 11.3 Å². The van der Waals surface area contributed by atoms with E-state index in [4.69, 9.17) is 9.47 Å². The van der Waals surface area contributed by atoms with Gasteiger partial charge in [-0.1, -0.05) is 36.4 Å². The highest BCUT2D eigenvalue weighted by Gasteiger charge is 2.30. The Bertz CT molecular complexity index is 918. The molecule has 0 unspecified atom stereocenters. The monoisotopic (exact) mass is 364 g/mol. The number of carbonyl (C=O) groups is 1. The summed E-state index contributed by atoms with van der Waals surface area (Å²) in [5, 5.41) is 13.2. The molecule has 1 atom stereocenters. The molecule has 1 amide bonds. The predicted octanol–water partition coefficient (Wildman–Crippen LogP) is 3.69. The van der Waals surface area contributed by atoms with Gasteiger partial charge in [-0.15, -0.1) is 11.8 Å². The number of amides is 1. The van der Waals surface area contributed by atoms with Crippen LogP contribution in [0.25, 0.3) is 0 Å². The lowest BCUT2D eigenvalue weighted by Gasteiger charge is -2.25. The second-order valence-corrected chi connectivity index (χ2v) is 7.03. The molecule has 26 heavy (non-hydrogen) atoms. The molecule has 0 bridgehead atoms. The van der Waals surface area contributed by atoms with Gasteiger partial charge in [0.25, 0.3) is 0 Å². The summed E-state index contributed by atoms with van der Waals surface area (Å²) in [5.74, 6) is 1.68. The van der Waals surface area contributed by atoms with E-state index in [2.05, 4.69) is 11.4 Å². The number of nitrogens with zero attached hydrogens (tertiary/aromatic N) is 1. The second kappa shape index (κ2) is 7.14. The largest absolute Gasteiger partial charge is 0.454 e. The highest BCUT2D eigenvalue weighted by molar-refractivity contribution is 8.02. The summed E-state index contributed by atoms with van der Waals surface area (Å²) < 4.78 is 10.8. The fourth-order valence-electron chi connectivity index (χ4n) is 3.08. The zero-order valence-electron chi connectivity index (χ0n) is 13.9. The molecule has 2 heterocycles. The summed E-state index contributed by atoms with van der Waals surface area (Å²) in [6.07, 6.45) is 0.248. The van der Waals surface area contributed by atoms with Crippen molar-refractivity contribution < 1.29 is 14.3 Å². The molecule has 5 nitrogen and oxygen atoms in total. The molecule has 2 aromatic rings. The summed E-state index contributed by atoms with van der Waals surface area (Å²) in [5.41, 5.74) is 2.62. The molecule has 0 aromatic heterocycles. The number of fused-ring (bicyclic) bond motifs is 1. The van der Waals surface area contributed by atoms with Crippen molar-refractivity contribution in [3.05, 3.63) is 70.3 Å². The maximum atomic E-state index is 12.2. The van der Waals surface area contributed by atoms with E-state index in [0.717, 1.165) is 11.1 Å². The van der Waals surface area contributed by atoms with Gasteiger partial charge in [-0.3, -0.25) is 4.79 Å². The average molecular weight is 364 g/mol. The van der Waals surface area contributed by atoms with Gasteiger partial charge in [0.1, 0.15) is 0 Å². The van der Waals surface area contributed by atoms with Crippen LogP contribution in [0.3, 0.4) is 0 Å². The van der Waals surface area contributed by atoms with Gasteiger partial charge in [-0.05, 0) is 23.3 Å². The lowest BCUT2D eigenvalue weighted by molar-refractivity contribution is -0.120. The first-order chi connectivity index (χ1) is 12.7. The van der Waals surface area contributed by atoms with Crippen molar-refractivity contribution in [3.63, 3.8) is 0 Å². The Labute approximate surface area is 155 Å². The molecule has 4 rings (SSSR count). The number of benzene rings is 2. The Hall–Kier alpha value is -2.91. The highest BCUT2D eigenvalue weighted by Crippen LogP contribution is 2.41. The van der Waals surface area contributed by atoms with E-state index < -0.39 is 0 Å². The molecule has 0 radical (unpaired) electrons. The van der Waals surface area contributed by atoms with Crippen LogP contribution in [-0.4, -0.2) is 12.7 Å². The molecule has 2 aromatic carbocycles. The van der Waals surface area contributed by atoms with Crippen molar-refractivity contribution in [2.24, 2.45) is 0 Å². The fourth-order valence-corrected chi connectivity index (χ4v) is 4.11. The Balaban J connectivity index is 1.63. The molecule has 0 aliphatic carbocycles. The number of nitriles is 1. The zero-order valence-corrected chi connectivity index (χ0v) is 14.7. The number of allylic oxidation sites excluding steroid dienone is 1. The first kappa shape index (κ1) is 16.6. The molecule has 0 saturated carbocycles. The van der Waals surface area contributed by atoms with Gasteiger partial charge in [0.05, 0.1) is 16.7 Å².